The minimum Gasteiger partial charge on any atom is -0.394 e. The van der Waals surface area contributed by atoms with Gasteiger partial charge in [0.15, 0.2) is 6.29 Å². The lowest BCUT2D eigenvalue weighted by Crippen LogP contribution is -2.64. The van der Waals surface area contributed by atoms with E-state index in [1.165, 1.54) is 0 Å². The molecule has 0 aromatic heterocycles. The van der Waals surface area contributed by atoms with Gasteiger partial charge in [-0.15, -0.1) is 0 Å². The van der Waals surface area contributed by atoms with E-state index in [-0.39, 0.29) is 6.04 Å². The largest absolute Gasteiger partial charge is 0.394 e. The highest BCUT2D eigenvalue weighted by atomic mass is 16.6. The molecule has 0 aromatic rings. The van der Waals surface area contributed by atoms with E-state index in [0.717, 1.165) is 0 Å². The van der Waals surface area contributed by atoms with Crippen LogP contribution >= 0.6 is 0 Å². The number of ether oxygens (including phenoxy) is 1. The predicted molar refractivity (Wildman–Crippen MR) is 52.0 cm³/mol. The minimum absolute atomic E-state index is 0.0424. The molecule has 1 saturated heterocycles. The van der Waals surface area contributed by atoms with Gasteiger partial charge >= 0.3 is 0 Å². The molecule has 0 spiro atoms. The second-order valence-electron chi connectivity index (χ2n) is 4.08. The standard InChI is InChI=1S/C9H19NO5/c1-4(2)10-6-8(13)7(12)5(3-11)15-9(6)14/h4-14H,3H2,1-2H3/t5?,6-,7-,8?,9?/m1/s1. The van der Waals surface area contributed by atoms with Crippen LogP contribution < -0.4 is 5.32 Å². The first-order valence-electron chi connectivity index (χ1n) is 5.04. The van der Waals surface area contributed by atoms with Crippen LogP contribution in [-0.2, 0) is 4.74 Å². The minimum atomic E-state index is -1.23. The molecule has 1 aliphatic rings. The molecule has 0 amide bonds. The molecule has 1 rings (SSSR count). The van der Waals surface area contributed by atoms with Crippen LogP contribution in [0.15, 0.2) is 0 Å². The summed E-state index contributed by atoms with van der Waals surface area (Å²) in [6.45, 7) is 3.26. The van der Waals surface area contributed by atoms with E-state index in [1.807, 2.05) is 13.8 Å². The summed E-state index contributed by atoms with van der Waals surface area (Å²) in [5, 5.41) is 40.5. The average molecular weight is 221 g/mol. The summed E-state index contributed by atoms with van der Waals surface area (Å²) in [5.41, 5.74) is 0. The molecule has 90 valence electrons. The maximum absolute atomic E-state index is 9.69. The van der Waals surface area contributed by atoms with Crippen LogP contribution in [0, 0.1) is 0 Å². The maximum Gasteiger partial charge on any atom is 0.173 e. The van der Waals surface area contributed by atoms with E-state index >= 15 is 0 Å². The number of hydrogen-bond acceptors (Lipinski definition) is 6. The first kappa shape index (κ1) is 12.8. The lowest BCUT2D eigenvalue weighted by Gasteiger charge is -2.41. The molecule has 0 radical (unpaired) electrons. The Hall–Kier alpha value is -0.240. The Balaban J connectivity index is 2.66. The Morgan fingerprint density at radius 1 is 1.20 bits per heavy atom. The van der Waals surface area contributed by atoms with Crippen LogP contribution in [0.5, 0.6) is 0 Å². The van der Waals surface area contributed by atoms with Crippen molar-refractivity contribution in [1.29, 1.82) is 0 Å². The second kappa shape index (κ2) is 5.20. The van der Waals surface area contributed by atoms with Gasteiger partial charge in [0.05, 0.1) is 12.6 Å². The number of rotatable bonds is 3. The van der Waals surface area contributed by atoms with Crippen LogP contribution in [0.2, 0.25) is 0 Å². The van der Waals surface area contributed by atoms with Gasteiger partial charge in [0.25, 0.3) is 0 Å². The first-order chi connectivity index (χ1) is 6.97. The van der Waals surface area contributed by atoms with Crippen LogP contribution in [0.3, 0.4) is 0 Å². The van der Waals surface area contributed by atoms with Crippen molar-refractivity contribution in [3.8, 4) is 0 Å². The first-order valence-corrected chi connectivity index (χ1v) is 5.04. The van der Waals surface area contributed by atoms with Crippen molar-refractivity contribution in [2.75, 3.05) is 6.61 Å². The fourth-order valence-electron chi connectivity index (χ4n) is 1.66. The van der Waals surface area contributed by atoms with Crippen molar-refractivity contribution in [3.05, 3.63) is 0 Å². The van der Waals surface area contributed by atoms with Gasteiger partial charge in [-0.25, -0.2) is 0 Å². The Morgan fingerprint density at radius 3 is 2.27 bits per heavy atom. The van der Waals surface area contributed by atoms with Gasteiger partial charge in [-0.1, -0.05) is 13.8 Å². The number of hydrogen-bond donors (Lipinski definition) is 5. The highest BCUT2D eigenvalue weighted by Gasteiger charge is 2.43. The van der Waals surface area contributed by atoms with Crippen LogP contribution in [-0.4, -0.2) is 63.7 Å². The molecular weight excluding hydrogens is 202 g/mol. The van der Waals surface area contributed by atoms with E-state index in [4.69, 9.17) is 9.84 Å². The van der Waals surface area contributed by atoms with Crippen LogP contribution in [0.4, 0.5) is 0 Å². The molecule has 1 aliphatic heterocycles. The normalized spacial score (nSPS) is 42.2. The summed E-state index contributed by atoms with van der Waals surface area (Å²) in [7, 11) is 0. The fourth-order valence-corrected chi connectivity index (χ4v) is 1.66. The summed E-state index contributed by atoms with van der Waals surface area (Å²) in [6.07, 6.45) is -4.54. The molecular formula is C9H19NO5. The van der Waals surface area contributed by atoms with Gasteiger partial charge in [-0.2, -0.15) is 0 Å². The molecule has 5 N–H and O–H groups in total. The Labute approximate surface area is 88.5 Å². The van der Waals surface area contributed by atoms with Crippen molar-refractivity contribution in [2.24, 2.45) is 0 Å². The number of nitrogens with one attached hydrogen (secondary N) is 1. The number of aliphatic hydroxyl groups excluding tert-OH is 4. The van der Waals surface area contributed by atoms with Crippen molar-refractivity contribution in [2.45, 2.75) is 50.5 Å². The zero-order chi connectivity index (χ0) is 11.6. The van der Waals surface area contributed by atoms with E-state index < -0.39 is 37.3 Å². The molecule has 15 heavy (non-hydrogen) atoms. The molecule has 1 fully saturated rings. The smallest absolute Gasteiger partial charge is 0.173 e. The summed E-state index contributed by atoms with van der Waals surface area (Å²) in [6, 6.07) is -0.705. The molecule has 6 heteroatoms. The van der Waals surface area contributed by atoms with Crippen LogP contribution in [0.25, 0.3) is 0 Å². The third-order valence-corrected chi connectivity index (χ3v) is 2.43. The molecule has 0 aliphatic carbocycles. The number of aliphatic hydroxyl groups is 4. The van der Waals surface area contributed by atoms with Gasteiger partial charge in [0, 0.05) is 6.04 Å². The molecule has 0 bridgehead atoms. The van der Waals surface area contributed by atoms with Gasteiger partial charge in [-0.05, 0) is 0 Å². The van der Waals surface area contributed by atoms with Crippen LogP contribution in [0.1, 0.15) is 13.8 Å². The predicted octanol–water partition coefficient (Wildman–Crippen LogP) is -2.22. The van der Waals surface area contributed by atoms with Gasteiger partial charge in [0.1, 0.15) is 18.3 Å². The molecule has 3 unspecified atom stereocenters. The fraction of sp³-hybridized carbons (Fsp3) is 1.00. The highest BCUT2D eigenvalue weighted by molar-refractivity contribution is 4.93. The van der Waals surface area contributed by atoms with Crippen molar-refractivity contribution >= 4 is 0 Å². The summed E-state index contributed by atoms with van der Waals surface area (Å²) >= 11 is 0. The molecule has 0 saturated carbocycles. The average Bonchev–Trinajstić information content (AvgIpc) is 2.18. The van der Waals surface area contributed by atoms with Crippen molar-refractivity contribution in [1.82, 2.24) is 5.32 Å². The molecule has 0 aromatic carbocycles. The monoisotopic (exact) mass is 221 g/mol. The topological polar surface area (TPSA) is 102 Å². The Morgan fingerprint density at radius 2 is 1.80 bits per heavy atom. The van der Waals surface area contributed by atoms with Gasteiger partial charge < -0.3 is 30.5 Å². The van der Waals surface area contributed by atoms with E-state index in [0.29, 0.717) is 0 Å². The second-order valence-corrected chi connectivity index (χ2v) is 4.08. The van der Waals surface area contributed by atoms with E-state index in [2.05, 4.69) is 5.32 Å². The third-order valence-electron chi connectivity index (χ3n) is 2.43. The quantitative estimate of drug-likeness (QED) is 0.370. The highest BCUT2D eigenvalue weighted by Crippen LogP contribution is 2.19. The lowest BCUT2D eigenvalue weighted by molar-refractivity contribution is -0.255. The molecule has 5 atom stereocenters. The summed E-state index contributed by atoms with van der Waals surface area (Å²) in [4.78, 5) is 0. The van der Waals surface area contributed by atoms with E-state index in [9.17, 15) is 15.3 Å². The Kier molecular flexibility index (Phi) is 4.45. The SMILES string of the molecule is CC(C)N[C@H]1C(O)OC(CO)[C@@H](O)C1O. The third kappa shape index (κ3) is 2.87. The zero-order valence-corrected chi connectivity index (χ0v) is 8.87. The Bertz CT molecular complexity index is 201. The molecule has 6 nitrogen and oxygen atoms in total. The summed E-state index contributed by atoms with van der Waals surface area (Å²) in [5.74, 6) is 0. The van der Waals surface area contributed by atoms with Gasteiger partial charge in [-0.3, -0.25) is 0 Å². The summed E-state index contributed by atoms with van der Waals surface area (Å²) < 4.78 is 4.96. The van der Waals surface area contributed by atoms with Crippen molar-refractivity contribution in [3.63, 3.8) is 0 Å². The maximum atomic E-state index is 9.69. The molecule has 1 heterocycles. The van der Waals surface area contributed by atoms with E-state index in [1.54, 1.807) is 0 Å². The van der Waals surface area contributed by atoms with Crippen molar-refractivity contribution < 1.29 is 25.2 Å². The van der Waals surface area contributed by atoms with Gasteiger partial charge in [0.2, 0.25) is 0 Å². The lowest BCUT2D eigenvalue weighted by atomic mass is 9.96. The zero-order valence-electron chi connectivity index (χ0n) is 8.87.